The molecule has 0 aliphatic carbocycles. The maximum Gasteiger partial charge on any atom is 0.322 e. The average molecular weight is 1170 g/mol. The van der Waals surface area contributed by atoms with Crippen LogP contribution in [0.3, 0.4) is 0 Å². The Morgan fingerprint density at radius 1 is 0.476 bits per heavy atom. The Balaban J connectivity index is 0.000000442. The third-order valence-electron chi connectivity index (χ3n) is 14.8. The van der Waals surface area contributed by atoms with Crippen LogP contribution in [0.5, 0.6) is 11.5 Å². The summed E-state index contributed by atoms with van der Waals surface area (Å²) in [5.41, 5.74) is 9.28. The van der Waals surface area contributed by atoms with E-state index in [1.165, 1.54) is 36.1 Å². The number of ether oxygens (including phenoxy) is 7. The SMILES string of the molecule is CC[C@H](Cc1ccccc1)[C@@H](OCC(C)C)[C@H](C)OC(=O)C(C)CC(=O)c1nccc(OC)c1O.CC[C@H](Cc1ccccc1)[C@@H](OCC(C)C)[C@H](C)OC(=O)C(C)N.CC[C@H](Cc1ccccc1)[C@@H](OCC(C)C)[C@H](C)OC(=O)[C@H](C)CC. The van der Waals surface area contributed by atoms with Crippen molar-refractivity contribution in [2.24, 2.45) is 53.1 Å². The summed E-state index contributed by atoms with van der Waals surface area (Å²) in [6.07, 6.45) is 5.95. The summed E-state index contributed by atoms with van der Waals surface area (Å²) in [6, 6.07) is 31.9. The van der Waals surface area contributed by atoms with Crippen LogP contribution in [0.25, 0.3) is 0 Å². The zero-order valence-electron chi connectivity index (χ0n) is 54.2. The van der Waals surface area contributed by atoms with Gasteiger partial charge in [-0.05, 0) is 106 Å². The summed E-state index contributed by atoms with van der Waals surface area (Å²) >= 11 is 0. The molecule has 0 fully saturated rings. The van der Waals surface area contributed by atoms with E-state index in [0.29, 0.717) is 43.5 Å². The minimum atomic E-state index is -0.711. The van der Waals surface area contributed by atoms with Gasteiger partial charge in [0, 0.05) is 38.5 Å². The van der Waals surface area contributed by atoms with Gasteiger partial charge in [-0.15, -0.1) is 0 Å². The number of aromatic hydroxyl groups is 1. The molecule has 0 bridgehead atoms. The minimum absolute atomic E-state index is 0.0672. The normalized spacial score (nSPS) is 15.7. The van der Waals surface area contributed by atoms with Crippen LogP contribution in [0.1, 0.15) is 170 Å². The molecular formula is C70H108N2O12. The van der Waals surface area contributed by atoms with Gasteiger partial charge in [-0.1, -0.05) is 193 Å². The molecule has 0 saturated carbocycles. The van der Waals surface area contributed by atoms with Gasteiger partial charge in [0.2, 0.25) is 0 Å². The first kappa shape index (κ1) is 74.4. The molecule has 1 aromatic heterocycles. The molecule has 2 unspecified atom stereocenters. The zero-order valence-corrected chi connectivity index (χ0v) is 54.2. The number of esters is 3. The summed E-state index contributed by atoms with van der Waals surface area (Å²) in [5, 5.41) is 10.2. The van der Waals surface area contributed by atoms with Crippen molar-refractivity contribution >= 4 is 23.7 Å². The van der Waals surface area contributed by atoms with Crippen molar-refractivity contribution in [3.05, 3.63) is 126 Å². The van der Waals surface area contributed by atoms with Crippen LogP contribution in [0.4, 0.5) is 0 Å². The van der Waals surface area contributed by atoms with E-state index in [-0.39, 0.29) is 83.8 Å². The van der Waals surface area contributed by atoms with Crippen molar-refractivity contribution in [3.63, 3.8) is 0 Å². The summed E-state index contributed by atoms with van der Waals surface area (Å²) in [5.74, 6) is -0.414. The van der Waals surface area contributed by atoms with E-state index in [1.807, 2.05) is 77.1 Å². The average Bonchev–Trinajstić information content (AvgIpc) is 3.67. The third kappa shape index (κ3) is 27.6. The van der Waals surface area contributed by atoms with Gasteiger partial charge in [0.15, 0.2) is 23.0 Å². The maximum atomic E-state index is 12.9. The molecule has 4 aromatic rings. The lowest BCUT2D eigenvalue weighted by molar-refractivity contribution is -0.165. The number of methoxy groups -OCH3 is 1. The third-order valence-corrected chi connectivity index (χ3v) is 14.8. The molecule has 0 radical (unpaired) electrons. The lowest BCUT2D eigenvalue weighted by Gasteiger charge is -2.32. The summed E-state index contributed by atoms with van der Waals surface area (Å²) in [4.78, 5) is 53.6. The molecule has 3 aromatic carbocycles. The van der Waals surface area contributed by atoms with Crippen LogP contribution in [0, 0.1) is 47.3 Å². The molecule has 84 heavy (non-hydrogen) atoms. The van der Waals surface area contributed by atoms with Gasteiger partial charge in [0.25, 0.3) is 0 Å². The van der Waals surface area contributed by atoms with Crippen LogP contribution in [0.2, 0.25) is 0 Å². The van der Waals surface area contributed by atoms with Gasteiger partial charge in [0.05, 0.1) is 37.3 Å². The van der Waals surface area contributed by atoms with Crippen molar-refractivity contribution < 1.29 is 57.4 Å². The van der Waals surface area contributed by atoms with E-state index < -0.39 is 29.8 Å². The molecule has 1 heterocycles. The van der Waals surface area contributed by atoms with Crippen molar-refractivity contribution in [3.8, 4) is 11.5 Å². The molecule has 14 nitrogen and oxygen atoms in total. The van der Waals surface area contributed by atoms with E-state index in [2.05, 4.69) is 116 Å². The first-order chi connectivity index (χ1) is 39.9. The first-order valence-electron chi connectivity index (χ1n) is 31.0. The number of pyridine rings is 1. The Morgan fingerprint density at radius 2 is 0.810 bits per heavy atom. The highest BCUT2D eigenvalue weighted by Crippen LogP contribution is 2.31. The van der Waals surface area contributed by atoms with E-state index in [9.17, 15) is 24.3 Å². The number of carbonyl (C=O) groups is 4. The molecule has 3 N–H and O–H groups in total. The smallest absolute Gasteiger partial charge is 0.322 e. The van der Waals surface area contributed by atoms with Gasteiger partial charge in [-0.3, -0.25) is 19.2 Å². The lowest BCUT2D eigenvalue weighted by atomic mass is 9.89. The fourth-order valence-corrected chi connectivity index (χ4v) is 9.62. The second kappa shape index (κ2) is 40.6. The molecule has 0 saturated heterocycles. The molecule has 4 rings (SSSR count). The number of ketones is 1. The van der Waals surface area contributed by atoms with Crippen molar-refractivity contribution in [1.82, 2.24) is 4.98 Å². The topological polar surface area (TPSA) is 192 Å². The Labute approximate surface area is 506 Å². The number of Topliss-reactive ketones (excluding diaryl/α,β-unsaturated/α-hetero) is 1. The van der Waals surface area contributed by atoms with E-state index in [1.54, 1.807) is 13.8 Å². The van der Waals surface area contributed by atoms with Gasteiger partial charge >= 0.3 is 17.9 Å². The molecule has 470 valence electrons. The monoisotopic (exact) mass is 1170 g/mol. The van der Waals surface area contributed by atoms with Gasteiger partial charge in [-0.25, -0.2) is 4.98 Å². The van der Waals surface area contributed by atoms with Gasteiger partial charge in [0.1, 0.15) is 24.4 Å². The fraction of sp³-hybridized carbons (Fsp3) is 0.614. The van der Waals surface area contributed by atoms with Gasteiger partial charge in [-0.2, -0.15) is 0 Å². The standard InChI is InChI=1S/C28H39NO6.C22H36O3.C20H33NO3/c1-7-22(16-21-11-9-8-10-12-21)27(34-17-18(2)3)20(5)35-28(32)19(4)15-23(30)25-26(31)24(33-6)13-14-29-25;1-7-17(5)22(23)25-18(6)21(24-15-16(3)4)20(8-2)14-19-12-10-9-11-13-19;1-6-18(12-17-10-8-7-9-11-17)19(23-13-14(2)3)16(5)24-20(22)15(4)21/h8-14,18-20,22,27,31H,7,15-17H2,1-6H3;9-13,16-18,20-21H,7-8,14-15H2,1-6H3;7-11,14-16,18-19H,6,12-13,21H2,1-5H3/t19?,20-,22+,27-;17-,18+,20-,21+;15?,16-,18+,19-/m010/s1. The van der Waals surface area contributed by atoms with Crippen molar-refractivity contribution in [1.29, 1.82) is 0 Å². The summed E-state index contributed by atoms with van der Waals surface area (Å²) < 4.78 is 40.8. The highest BCUT2D eigenvalue weighted by Gasteiger charge is 2.34. The van der Waals surface area contributed by atoms with Crippen LogP contribution in [-0.2, 0) is 62.1 Å². The lowest BCUT2D eigenvalue weighted by Crippen LogP contribution is -2.41. The molecule has 14 heteroatoms. The number of aromatic nitrogens is 1. The minimum Gasteiger partial charge on any atom is -0.503 e. The number of rotatable bonds is 35. The number of hydrogen-bond acceptors (Lipinski definition) is 14. The molecule has 0 aliphatic heterocycles. The number of hydrogen-bond donors (Lipinski definition) is 2. The second-order valence-electron chi connectivity index (χ2n) is 23.9. The predicted octanol–water partition coefficient (Wildman–Crippen LogP) is 14.1. The van der Waals surface area contributed by atoms with Gasteiger partial charge < -0.3 is 44.0 Å². The Hall–Kier alpha value is -5.67. The molecule has 0 amide bonds. The van der Waals surface area contributed by atoms with E-state index in [0.717, 1.165) is 44.9 Å². The number of benzene rings is 3. The van der Waals surface area contributed by atoms with Crippen molar-refractivity contribution in [2.75, 3.05) is 26.9 Å². The fourth-order valence-electron chi connectivity index (χ4n) is 9.62. The molecule has 0 spiro atoms. The number of carbonyl (C=O) groups excluding carboxylic acids is 4. The number of nitrogens with two attached hydrogens (primary N) is 1. The Kier molecular flexibility index (Phi) is 36.0. The van der Waals surface area contributed by atoms with E-state index >= 15 is 0 Å². The Bertz CT molecular complexity index is 2420. The quantitative estimate of drug-likeness (QED) is 0.0251. The van der Waals surface area contributed by atoms with Crippen LogP contribution in [0.15, 0.2) is 103 Å². The molecule has 0 aliphatic rings. The first-order valence-corrected chi connectivity index (χ1v) is 31.0. The molecule has 12 atom stereocenters. The zero-order chi connectivity index (χ0) is 62.9. The summed E-state index contributed by atoms with van der Waals surface area (Å²) in [7, 11) is 1.39. The van der Waals surface area contributed by atoms with Crippen LogP contribution >= 0.6 is 0 Å². The summed E-state index contributed by atoms with van der Waals surface area (Å²) in [6.45, 7) is 34.0. The molecular weight excluding hydrogens is 1060 g/mol. The van der Waals surface area contributed by atoms with Crippen molar-refractivity contribution in [2.45, 2.75) is 205 Å². The highest BCUT2D eigenvalue weighted by atomic mass is 16.6. The second-order valence-corrected chi connectivity index (χ2v) is 23.9. The maximum absolute atomic E-state index is 12.9. The largest absolute Gasteiger partial charge is 0.503 e. The van der Waals surface area contributed by atoms with E-state index in [4.69, 9.17) is 38.9 Å². The van der Waals surface area contributed by atoms with Crippen LogP contribution in [-0.4, -0.2) is 103 Å². The number of nitrogens with zero attached hydrogens (tertiary/aromatic N) is 1. The predicted molar refractivity (Wildman–Crippen MR) is 336 cm³/mol. The van der Waals surface area contributed by atoms with Crippen LogP contribution < -0.4 is 10.5 Å². The Morgan fingerprint density at radius 3 is 1.11 bits per heavy atom. The highest BCUT2D eigenvalue weighted by molar-refractivity contribution is 5.99.